The minimum atomic E-state index is 0.0716. The van der Waals surface area contributed by atoms with E-state index in [-0.39, 0.29) is 17.5 Å². The highest BCUT2D eigenvalue weighted by Crippen LogP contribution is 2.22. The molecule has 0 N–H and O–H groups in total. The Balaban J connectivity index is 1.52. The van der Waals surface area contributed by atoms with Crippen LogP contribution in [-0.2, 0) is 13.5 Å². The van der Waals surface area contributed by atoms with Crippen LogP contribution in [0.3, 0.4) is 0 Å². The smallest absolute Gasteiger partial charge is 0.193 e. The highest BCUT2D eigenvalue weighted by molar-refractivity contribution is 5.98. The Labute approximate surface area is 162 Å². The van der Waals surface area contributed by atoms with Gasteiger partial charge in [0, 0.05) is 24.7 Å². The molecule has 144 valence electrons. The van der Waals surface area contributed by atoms with Gasteiger partial charge in [0.1, 0.15) is 0 Å². The number of carbonyl (C=O) groups excluding carboxylic acids is 2. The number of aromatic nitrogens is 1. The van der Waals surface area contributed by atoms with Crippen molar-refractivity contribution in [2.24, 2.45) is 18.9 Å². The zero-order chi connectivity index (χ0) is 19.4. The van der Waals surface area contributed by atoms with Gasteiger partial charge in [-0.3, -0.25) is 14.5 Å². The van der Waals surface area contributed by atoms with Crippen molar-refractivity contribution < 1.29 is 9.59 Å². The molecule has 0 saturated carbocycles. The van der Waals surface area contributed by atoms with Gasteiger partial charge in [-0.1, -0.05) is 38.1 Å². The van der Waals surface area contributed by atoms with Crippen LogP contribution in [0.1, 0.15) is 53.1 Å². The number of hydrogen-bond donors (Lipinski definition) is 0. The lowest BCUT2D eigenvalue weighted by Crippen LogP contribution is -2.39. The van der Waals surface area contributed by atoms with Crippen molar-refractivity contribution in [3.8, 4) is 0 Å². The van der Waals surface area contributed by atoms with Gasteiger partial charge in [-0.05, 0) is 56.0 Å². The molecule has 2 aromatic rings. The van der Waals surface area contributed by atoms with Crippen molar-refractivity contribution >= 4 is 11.6 Å². The molecular formula is C23H30N2O2. The molecule has 0 radical (unpaired) electrons. The summed E-state index contributed by atoms with van der Waals surface area (Å²) in [5.74, 6) is 1.09. The summed E-state index contributed by atoms with van der Waals surface area (Å²) in [6.07, 6.45) is 4.59. The van der Waals surface area contributed by atoms with Crippen molar-refractivity contribution in [2.45, 2.75) is 33.1 Å². The Hall–Kier alpha value is -2.20. The fraction of sp³-hybridized carbons (Fsp3) is 0.478. The van der Waals surface area contributed by atoms with E-state index in [9.17, 15) is 9.59 Å². The maximum absolute atomic E-state index is 12.8. The number of nitrogens with zero attached hydrogens (tertiary/aromatic N) is 2. The molecule has 0 amide bonds. The van der Waals surface area contributed by atoms with E-state index < -0.39 is 0 Å². The van der Waals surface area contributed by atoms with Gasteiger partial charge in [-0.15, -0.1) is 0 Å². The SMILES string of the molecule is CC(C)Cc1ccc(C(=O)C2CCN(CC(=O)c3cccn3C)CC2)cc1. The summed E-state index contributed by atoms with van der Waals surface area (Å²) in [7, 11) is 1.89. The average molecular weight is 367 g/mol. The van der Waals surface area contributed by atoms with E-state index in [2.05, 4.69) is 30.9 Å². The number of Topliss-reactive ketones (excluding diaryl/α,β-unsaturated/α-hetero) is 2. The Morgan fingerprint density at radius 1 is 1.07 bits per heavy atom. The number of hydrogen-bond acceptors (Lipinski definition) is 3. The topological polar surface area (TPSA) is 42.3 Å². The first-order chi connectivity index (χ1) is 12.9. The predicted molar refractivity (Wildman–Crippen MR) is 108 cm³/mol. The van der Waals surface area contributed by atoms with Crippen LogP contribution in [0.5, 0.6) is 0 Å². The lowest BCUT2D eigenvalue weighted by atomic mass is 9.88. The summed E-state index contributed by atoms with van der Waals surface area (Å²) in [5, 5.41) is 0. The second kappa shape index (κ2) is 8.66. The summed E-state index contributed by atoms with van der Waals surface area (Å²) in [5.41, 5.74) is 2.85. The van der Waals surface area contributed by atoms with E-state index in [1.807, 2.05) is 42.1 Å². The van der Waals surface area contributed by atoms with Gasteiger partial charge < -0.3 is 4.57 Å². The molecule has 0 spiro atoms. The maximum atomic E-state index is 12.8. The molecular weight excluding hydrogens is 336 g/mol. The quantitative estimate of drug-likeness (QED) is 0.696. The molecule has 0 atom stereocenters. The second-order valence-corrected chi connectivity index (χ2v) is 8.14. The second-order valence-electron chi connectivity index (χ2n) is 8.14. The number of rotatable bonds is 7. The normalized spacial score (nSPS) is 16.0. The monoisotopic (exact) mass is 366 g/mol. The third-order valence-electron chi connectivity index (χ3n) is 5.44. The molecule has 0 aliphatic carbocycles. The summed E-state index contributed by atoms with van der Waals surface area (Å²) < 4.78 is 1.86. The van der Waals surface area contributed by atoms with Gasteiger partial charge in [0.25, 0.3) is 0 Å². The predicted octanol–water partition coefficient (Wildman–Crippen LogP) is 4.00. The molecule has 1 aromatic carbocycles. The summed E-state index contributed by atoms with van der Waals surface area (Å²) in [6, 6.07) is 11.9. The minimum absolute atomic E-state index is 0.0716. The van der Waals surface area contributed by atoms with Crippen molar-refractivity contribution in [1.29, 1.82) is 0 Å². The molecule has 1 aromatic heterocycles. The number of piperidine rings is 1. The third kappa shape index (κ3) is 4.95. The fourth-order valence-corrected chi connectivity index (χ4v) is 3.90. The molecule has 0 bridgehead atoms. The van der Waals surface area contributed by atoms with Crippen molar-refractivity contribution in [3.63, 3.8) is 0 Å². The number of carbonyl (C=O) groups is 2. The number of ketones is 2. The van der Waals surface area contributed by atoms with Crippen LogP contribution in [0.4, 0.5) is 0 Å². The van der Waals surface area contributed by atoms with Gasteiger partial charge in [0.05, 0.1) is 12.2 Å². The van der Waals surface area contributed by atoms with Crippen molar-refractivity contribution in [3.05, 3.63) is 59.4 Å². The van der Waals surface area contributed by atoms with Crippen molar-refractivity contribution in [2.75, 3.05) is 19.6 Å². The molecule has 1 aliphatic heterocycles. The first-order valence-electron chi connectivity index (χ1n) is 9.94. The lowest BCUT2D eigenvalue weighted by molar-refractivity contribution is 0.0802. The number of aryl methyl sites for hydroxylation is 1. The number of benzene rings is 1. The van der Waals surface area contributed by atoms with Gasteiger partial charge in [-0.2, -0.15) is 0 Å². The molecule has 2 heterocycles. The van der Waals surface area contributed by atoms with E-state index in [0.29, 0.717) is 12.5 Å². The molecule has 1 aliphatic rings. The van der Waals surface area contributed by atoms with Crippen LogP contribution in [-0.4, -0.2) is 40.7 Å². The molecule has 4 nitrogen and oxygen atoms in total. The average Bonchev–Trinajstić information content (AvgIpc) is 3.08. The molecule has 3 rings (SSSR count). The molecule has 1 saturated heterocycles. The summed E-state index contributed by atoms with van der Waals surface area (Å²) in [4.78, 5) is 27.4. The lowest BCUT2D eigenvalue weighted by Gasteiger charge is -2.30. The Morgan fingerprint density at radius 3 is 2.30 bits per heavy atom. The van der Waals surface area contributed by atoms with Gasteiger partial charge in [0.15, 0.2) is 11.6 Å². The maximum Gasteiger partial charge on any atom is 0.193 e. The van der Waals surface area contributed by atoms with E-state index in [0.717, 1.165) is 43.6 Å². The fourth-order valence-electron chi connectivity index (χ4n) is 3.90. The summed E-state index contributed by atoms with van der Waals surface area (Å²) >= 11 is 0. The van der Waals surface area contributed by atoms with Gasteiger partial charge in [-0.25, -0.2) is 0 Å². The first kappa shape index (κ1) is 19.6. The van der Waals surface area contributed by atoms with E-state index >= 15 is 0 Å². The zero-order valence-corrected chi connectivity index (χ0v) is 16.6. The highest BCUT2D eigenvalue weighted by Gasteiger charge is 2.27. The zero-order valence-electron chi connectivity index (χ0n) is 16.6. The van der Waals surface area contributed by atoms with Crippen LogP contribution in [0.25, 0.3) is 0 Å². The molecule has 27 heavy (non-hydrogen) atoms. The van der Waals surface area contributed by atoms with Crippen LogP contribution < -0.4 is 0 Å². The van der Waals surface area contributed by atoms with Crippen LogP contribution >= 0.6 is 0 Å². The van der Waals surface area contributed by atoms with E-state index in [1.54, 1.807) is 0 Å². The Bertz CT molecular complexity index is 781. The van der Waals surface area contributed by atoms with Crippen LogP contribution in [0.2, 0.25) is 0 Å². The van der Waals surface area contributed by atoms with Gasteiger partial charge in [0.2, 0.25) is 0 Å². The Morgan fingerprint density at radius 2 is 1.74 bits per heavy atom. The van der Waals surface area contributed by atoms with E-state index in [1.165, 1.54) is 5.56 Å². The largest absolute Gasteiger partial charge is 0.348 e. The van der Waals surface area contributed by atoms with Gasteiger partial charge >= 0.3 is 0 Å². The summed E-state index contributed by atoms with van der Waals surface area (Å²) in [6.45, 7) is 6.45. The standard InChI is InChI=1S/C23H30N2O2/c1-17(2)15-18-6-8-19(9-7-18)23(27)20-10-13-25(14-11-20)16-22(26)21-5-4-12-24(21)3/h4-9,12,17,20H,10-11,13-16H2,1-3H3. The molecule has 0 unspecified atom stereocenters. The molecule has 1 fully saturated rings. The van der Waals surface area contributed by atoms with E-state index in [4.69, 9.17) is 0 Å². The Kier molecular flexibility index (Phi) is 6.27. The first-order valence-corrected chi connectivity index (χ1v) is 9.94. The van der Waals surface area contributed by atoms with Crippen LogP contribution in [0.15, 0.2) is 42.6 Å². The molecule has 4 heteroatoms. The number of likely N-dealkylation sites (tertiary alicyclic amines) is 1. The minimum Gasteiger partial charge on any atom is -0.348 e. The third-order valence-corrected chi connectivity index (χ3v) is 5.44. The highest BCUT2D eigenvalue weighted by atomic mass is 16.1. The van der Waals surface area contributed by atoms with Crippen LogP contribution in [0, 0.1) is 11.8 Å². The van der Waals surface area contributed by atoms with Crippen molar-refractivity contribution in [1.82, 2.24) is 9.47 Å².